The standard InChI is InChI=1S/C12H15NOS.ClH/c1-8-7-15-12(9(8)2)10-4-5-13-6-11(10)14-3;/h5-7,10H,4H2,1-3H3;1H. The summed E-state index contributed by atoms with van der Waals surface area (Å²) in [6.07, 6.45) is 4.73. The average Bonchev–Trinajstić information content (AvgIpc) is 2.60. The maximum absolute atomic E-state index is 5.38. The monoisotopic (exact) mass is 257 g/mol. The van der Waals surface area contributed by atoms with Gasteiger partial charge in [0.2, 0.25) is 0 Å². The molecule has 1 aromatic rings. The topological polar surface area (TPSA) is 21.6 Å². The van der Waals surface area contributed by atoms with Gasteiger partial charge in [-0.05, 0) is 36.8 Å². The molecule has 1 aliphatic heterocycles. The normalized spacial score (nSPS) is 18.9. The van der Waals surface area contributed by atoms with Gasteiger partial charge in [0.15, 0.2) is 0 Å². The Labute approximate surface area is 106 Å². The molecule has 0 radical (unpaired) electrons. The van der Waals surface area contributed by atoms with Crippen molar-refractivity contribution in [3.8, 4) is 0 Å². The van der Waals surface area contributed by atoms with Crippen LogP contribution in [0.5, 0.6) is 0 Å². The highest BCUT2D eigenvalue weighted by atomic mass is 35.5. The van der Waals surface area contributed by atoms with Crippen molar-refractivity contribution in [3.05, 3.63) is 33.3 Å². The molecule has 0 saturated carbocycles. The number of allylic oxidation sites excluding steroid dienone is 1. The fourth-order valence-electron chi connectivity index (χ4n) is 1.80. The maximum Gasteiger partial charge on any atom is 0.122 e. The summed E-state index contributed by atoms with van der Waals surface area (Å²) in [5, 5.41) is 2.21. The predicted molar refractivity (Wildman–Crippen MR) is 72.0 cm³/mol. The van der Waals surface area contributed by atoms with Crippen LogP contribution < -0.4 is 0 Å². The fourth-order valence-corrected chi connectivity index (χ4v) is 2.99. The van der Waals surface area contributed by atoms with E-state index in [0.29, 0.717) is 5.92 Å². The maximum atomic E-state index is 5.38. The van der Waals surface area contributed by atoms with Crippen molar-refractivity contribution in [2.45, 2.75) is 26.2 Å². The number of thiophene rings is 1. The first kappa shape index (κ1) is 13.3. The Balaban J connectivity index is 0.00000128. The van der Waals surface area contributed by atoms with Gasteiger partial charge >= 0.3 is 0 Å². The molecule has 0 fully saturated rings. The van der Waals surface area contributed by atoms with Gasteiger partial charge in [0, 0.05) is 11.1 Å². The van der Waals surface area contributed by atoms with E-state index in [1.807, 2.05) is 23.8 Å². The van der Waals surface area contributed by atoms with Crippen LogP contribution in [-0.4, -0.2) is 13.3 Å². The number of halogens is 1. The van der Waals surface area contributed by atoms with Gasteiger partial charge in [-0.2, -0.15) is 0 Å². The second-order valence-electron chi connectivity index (χ2n) is 3.76. The molecule has 16 heavy (non-hydrogen) atoms. The lowest BCUT2D eigenvalue weighted by atomic mass is 9.97. The molecule has 2 heterocycles. The highest BCUT2D eigenvalue weighted by Gasteiger charge is 2.22. The van der Waals surface area contributed by atoms with Gasteiger partial charge in [-0.25, -0.2) is 0 Å². The molecule has 1 unspecified atom stereocenters. The van der Waals surface area contributed by atoms with Crippen LogP contribution in [-0.2, 0) is 4.74 Å². The van der Waals surface area contributed by atoms with Gasteiger partial charge in [0.05, 0.1) is 19.2 Å². The van der Waals surface area contributed by atoms with Crippen molar-refractivity contribution >= 4 is 30.0 Å². The molecular formula is C12H16ClNOS. The summed E-state index contributed by atoms with van der Waals surface area (Å²) >= 11 is 1.82. The molecule has 4 heteroatoms. The van der Waals surface area contributed by atoms with Gasteiger partial charge in [-0.1, -0.05) is 0 Å². The van der Waals surface area contributed by atoms with Crippen LogP contribution in [0.3, 0.4) is 0 Å². The van der Waals surface area contributed by atoms with Crippen LogP contribution in [0.4, 0.5) is 0 Å². The van der Waals surface area contributed by atoms with E-state index in [4.69, 9.17) is 4.74 Å². The lowest BCUT2D eigenvalue weighted by molar-refractivity contribution is 0.264. The van der Waals surface area contributed by atoms with Crippen molar-refractivity contribution in [2.75, 3.05) is 7.11 Å². The molecule has 0 aliphatic carbocycles. The number of hydrogen-bond acceptors (Lipinski definition) is 3. The van der Waals surface area contributed by atoms with E-state index in [1.54, 1.807) is 7.11 Å². The zero-order valence-electron chi connectivity index (χ0n) is 9.69. The highest BCUT2D eigenvalue weighted by Crippen LogP contribution is 2.36. The van der Waals surface area contributed by atoms with Gasteiger partial charge in [0.1, 0.15) is 5.76 Å². The molecule has 0 N–H and O–H groups in total. The summed E-state index contributed by atoms with van der Waals surface area (Å²) in [6.45, 7) is 4.34. The number of aliphatic imine (C=N–C) groups is 1. The van der Waals surface area contributed by atoms with Crippen molar-refractivity contribution in [1.29, 1.82) is 0 Å². The van der Waals surface area contributed by atoms with Gasteiger partial charge in [0.25, 0.3) is 0 Å². The second kappa shape index (κ2) is 5.51. The largest absolute Gasteiger partial charge is 0.499 e. The summed E-state index contributed by atoms with van der Waals surface area (Å²) in [4.78, 5) is 5.54. The van der Waals surface area contributed by atoms with E-state index < -0.39 is 0 Å². The number of hydrogen-bond donors (Lipinski definition) is 0. The minimum absolute atomic E-state index is 0. The Hall–Kier alpha value is -0.800. The Bertz CT molecular complexity index is 423. The third-order valence-electron chi connectivity index (χ3n) is 2.87. The molecule has 2 rings (SSSR count). The molecule has 1 aliphatic rings. The Kier molecular flexibility index (Phi) is 4.56. The molecule has 0 saturated heterocycles. The van der Waals surface area contributed by atoms with Crippen molar-refractivity contribution in [1.82, 2.24) is 0 Å². The first-order valence-electron chi connectivity index (χ1n) is 5.04. The number of methoxy groups -OCH3 is 1. The predicted octanol–water partition coefficient (Wildman–Crippen LogP) is 3.83. The van der Waals surface area contributed by atoms with E-state index in [-0.39, 0.29) is 12.4 Å². The summed E-state index contributed by atoms with van der Waals surface area (Å²) in [6, 6.07) is 0. The summed E-state index contributed by atoms with van der Waals surface area (Å²) < 4.78 is 5.38. The summed E-state index contributed by atoms with van der Waals surface area (Å²) in [5.74, 6) is 1.34. The Morgan fingerprint density at radius 3 is 2.75 bits per heavy atom. The summed E-state index contributed by atoms with van der Waals surface area (Å²) in [5.41, 5.74) is 2.76. The highest BCUT2D eigenvalue weighted by molar-refractivity contribution is 7.10. The number of rotatable bonds is 2. The van der Waals surface area contributed by atoms with Crippen molar-refractivity contribution in [3.63, 3.8) is 0 Å². The number of aryl methyl sites for hydroxylation is 1. The van der Waals surface area contributed by atoms with Crippen molar-refractivity contribution in [2.24, 2.45) is 4.99 Å². The SMILES string of the molecule is COC1=CN=CCC1c1scc(C)c1C.Cl. The van der Waals surface area contributed by atoms with E-state index in [9.17, 15) is 0 Å². The number of nitrogens with zero attached hydrogens (tertiary/aromatic N) is 1. The van der Waals surface area contributed by atoms with Crippen molar-refractivity contribution < 1.29 is 4.74 Å². The summed E-state index contributed by atoms with van der Waals surface area (Å²) in [7, 11) is 1.72. The van der Waals surface area contributed by atoms with Gasteiger partial charge in [-0.3, -0.25) is 4.99 Å². The third kappa shape index (κ3) is 2.30. The van der Waals surface area contributed by atoms with E-state index in [1.165, 1.54) is 16.0 Å². The van der Waals surface area contributed by atoms with Gasteiger partial charge in [-0.15, -0.1) is 23.7 Å². The zero-order chi connectivity index (χ0) is 10.8. The lowest BCUT2D eigenvalue weighted by Crippen LogP contribution is -2.07. The smallest absolute Gasteiger partial charge is 0.122 e. The van der Waals surface area contributed by atoms with E-state index in [2.05, 4.69) is 24.2 Å². The van der Waals surface area contributed by atoms with E-state index in [0.717, 1.165) is 12.2 Å². The third-order valence-corrected chi connectivity index (χ3v) is 4.18. The van der Waals surface area contributed by atoms with E-state index >= 15 is 0 Å². The average molecular weight is 258 g/mol. The first-order chi connectivity index (χ1) is 7.24. The van der Waals surface area contributed by atoms with Crippen LogP contribution in [0.2, 0.25) is 0 Å². The molecule has 0 bridgehead atoms. The molecule has 0 aromatic carbocycles. The molecule has 88 valence electrons. The quantitative estimate of drug-likeness (QED) is 0.789. The van der Waals surface area contributed by atoms with Gasteiger partial charge < -0.3 is 4.74 Å². The Morgan fingerprint density at radius 2 is 2.19 bits per heavy atom. The minimum atomic E-state index is 0. The molecule has 1 aromatic heterocycles. The molecule has 1 atom stereocenters. The molecule has 0 amide bonds. The fraction of sp³-hybridized carbons (Fsp3) is 0.417. The molecule has 0 spiro atoms. The second-order valence-corrected chi connectivity index (χ2v) is 4.67. The lowest BCUT2D eigenvalue weighted by Gasteiger charge is -2.19. The molecule has 2 nitrogen and oxygen atoms in total. The van der Waals surface area contributed by atoms with Crippen LogP contribution in [0.1, 0.15) is 28.3 Å². The Morgan fingerprint density at radius 1 is 1.44 bits per heavy atom. The van der Waals surface area contributed by atoms with Crippen LogP contribution in [0, 0.1) is 13.8 Å². The molecular weight excluding hydrogens is 242 g/mol. The first-order valence-corrected chi connectivity index (χ1v) is 5.92. The van der Waals surface area contributed by atoms with Crippen LogP contribution in [0.15, 0.2) is 22.3 Å². The minimum Gasteiger partial charge on any atom is -0.499 e. The number of ether oxygens (including phenoxy) is 1. The van der Waals surface area contributed by atoms with Crippen LogP contribution in [0.25, 0.3) is 0 Å². The zero-order valence-corrected chi connectivity index (χ0v) is 11.3. The van der Waals surface area contributed by atoms with Crippen LogP contribution >= 0.6 is 23.7 Å².